The van der Waals surface area contributed by atoms with E-state index in [9.17, 15) is 10.1 Å². The second-order valence-corrected chi connectivity index (χ2v) is 6.75. The summed E-state index contributed by atoms with van der Waals surface area (Å²) in [5, 5.41) is 17.3. The molecule has 0 amide bonds. The summed E-state index contributed by atoms with van der Waals surface area (Å²) in [6.45, 7) is 4.67. The molecule has 0 heterocycles. The van der Waals surface area contributed by atoms with Crippen LogP contribution >= 0.6 is 11.8 Å². The maximum absolute atomic E-state index is 10.6. The number of unbranched alkanes of at least 4 members (excludes halogenated alkanes) is 2. The van der Waals surface area contributed by atoms with Crippen LogP contribution in [0.25, 0.3) is 0 Å². The molecule has 0 fully saturated rings. The number of hydrogen-bond acceptors (Lipinski definition) is 4. The highest BCUT2D eigenvalue weighted by Gasteiger charge is 2.03. The number of hydrogen-bond donors (Lipinski definition) is 2. The van der Waals surface area contributed by atoms with Crippen LogP contribution in [-0.4, -0.2) is 42.5 Å². The lowest BCUT2D eigenvalue weighted by atomic mass is 10.1. The standard InChI is InChI=1S/C18H30N4O2S/c1-3-19-18(21-14-6-7-15-25-2)20-13-5-4-8-16-9-11-17(12-10-16)22(23)24/h9-12H,3-8,13-15H2,1-2H3,(H2,19,20,21). The van der Waals surface area contributed by atoms with Crippen LogP contribution in [0, 0.1) is 10.1 Å². The number of benzene rings is 1. The van der Waals surface area contributed by atoms with Gasteiger partial charge in [0.15, 0.2) is 5.96 Å². The lowest BCUT2D eigenvalue weighted by molar-refractivity contribution is -0.384. The number of nitro groups is 1. The van der Waals surface area contributed by atoms with Gasteiger partial charge in [-0.05, 0) is 56.6 Å². The van der Waals surface area contributed by atoms with Crippen molar-refractivity contribution in [2.24, 2.45) is 4.99 Å². The van der Waals surface area contributed by atoms with Crippen LogP contribution in [0.5, 0.6) is 0 Å². The fourth-order valence-corrected chi connectivity index (χ4v) is 2.83. The Morgan fingerprint density at radius 2 is 1.92 bits per heavy atom. The van der Waals surface area contributed by atoms with E-state index in [2.05, 4.69) is 28.8 Å². The van der Waals surface area contributed by atoms with Gasteiger partial charge in [-0.3, -0.25) is 15.1 Å². The van der Waals surface area contributed by atoms with Crippen molar-refractivity contribution in [3.63, 3.8) is 0 Å². The normalized spacial score (nSPS) is 11.4. The zero-order valence-electron chi connectivity index (χ0n) is 15.3. The van der Waals surface area contributed by atoms with E-state index in [4.69, 9.17) is 0 Å². The van der Waals surface area contributed by atoms with E-state index in [1.54, 1.807) is 12.1 Å². The van der Waals surface area contributed by atoms with Gasteiger partial charge in [-0.15, -0.1) is 0 Å². The quantitative estimate of drug-likeness (QED) is 0.194. The van der Waals surface area contributed by atoms with Crippen LogP contribution in [0.3, 0.4) is 0 Å². The zero-order chi connectivity index (χ0) is 18.3. The third-order valence-corrected chi connectivity index (χ3v) is 4.40. The Morgan fingerprint density at radius 1 is 1.16 bits per heavy atom. The van der Waals surface area contributed by atoms with Gasteiger partial charge in [0.1, 0.15) is 0 Å². The minimum atomic E-state index is -0.365. The van der Waals surface area contributed by atoms with Crippen molar-refractivity contribution in [2.75, 3.05) is 31.6 Å². The van der Waals surface area contributed by atoms with Crippen molar-refractivity contribution in [1.29, 1.82) is 0 Å². The van der Waals surface area contributed by atoms with E-state index in [0.717, 1.165) is 56.8 Å². The first kappa shape index (κ1) is 21.3. The average molecular weight is 367 g/mol. The van der Waals surface area contributed by atoms with Crippen molar-refractivity contribution in [2.45, 2.75) is 39.0 Å². The summed E-state index contributed by atoms with van der Waals surface area (Å²) in [4.78, 5) is 14.9. The SMILES string of the molecule is CCNC(=NCCCCSC)NCCCCc1ccc([N+](=O)[O-])cc1. The highest BCUT2D eigenvalue weighted by Crippen LogP contribution is 2.13. The van der Waals surface area contributed by atoms with E-state index in [1.165, 1.54) is 12.2 Å². The zero-order valence-corrected chi connectivity index (χ0v) is 16.1. The number of nitro benzene ring substituents is 1. The molecular weight excluding hydrogens is 336 g/mol. The summed E-state index contributed by atoms with van der Waals surface area (Å²) in [6, 6.07) is 6.82. The highest BCUT2D eigenvalue weighted by atomic mass is 32.2. The monoisotopic (exact) mass is 366 g/mol. The molecule has 140 valence electrons. The van der Waals surface area contributed by atoms with Crippen LogP contribution < -0.4 is 10.6 Å². The van der Waals surface area contributed by atoms with Gasteiger partial charge in [-0.2, -0.15) is 11.8 Å². The molecule has 0 bridgehead atoms. The molecule has 1 rings (SSSR count). The second-order valence-electron chi connectivity index (χ2n) is 5.77. The minimum absolute atomic E-state index is 0.148. The first-order valence-electron chi connectivity index (χ1n) is 8.91. The summed E-state index contributed by atoms with van der Waals surface area (Å²) < 4.78 is 0. The topological polar surface area (TPSA) is 79.6 Å². The fourth-order valence-electron chi connectivity index (χ4n) is 2.34. The van der Waals surface area contributed by atoms with E-state index < -0.39 is 0 Å². The Kier molecular flexibility index (Phi) is 11.5. The van der Waals surface area contributed by atoms with E-state index >= 15 is 0 Å². The molecule has 0 aromatic heterocycles. The predicted octanol–water partition coefficient (Wildman–Crippen LogP) is 3.62. The van der Waals surface area contributed by atoms with Crippen molar-refractivity contribution in [3.05, 3.63) is 39.9 Å². The molecule has 6 nitrogen and oxygen atoms in total. The Bertz CT molecular complexity index is 520. The Morgan fingerprint density at radius 3 is 2.56 bits per heavy atom. The average Bonchev–Trinajstić information content (AvgIpc) is 2.61. The number of thioether (sulfide) groups is 1. The number of aryl methyl sites for hydroxylation is 1. The summed E-state index contributed by atoms with van der Waals surface area (Å²) in [7, 11) is 0. The lowest BCUT2D eigenvalue weighted by Gasteiger charge is -2.11. The Balaban J connectivity index is 2.22. The van der Waals surface area contributed by atoms with Gasteiger partial charge in [-0.1, -0.05) is 12.1 Å². The van der Waals surface area contributed by atoms with Gasteiger partial charge < -0.3 is 10.6 Å². The van der Waals surface area contributed by atoms with Gasteiger partial charge in [0.05, 0.1) is 4.92 Å². The molecule has 0 unspecified atom stereocenters. The highest BCUT2D eigenvalue weighted by molar-refractivity contribution is 7.98. The molecular formula is C18H30N4O2S. The second kappa shape index (κ2) is 13.5. The molecule has 0 aliphatic rings. The van der Waals surface area contributed by atoms with Crippen LogP contribution in [0.15, 0.2) is 29.3 Å². The van der Waals surface area contributed by atoms with Crippen molar-refractivity contribution >= 4 is 23.4 Å². The molecule has 1 aromatic carbocycles. The number of aliphatic imine (C=N–C) groups is 1. The summed E-state index contributed by atoms with van der Waals surface area (Å²) in [6.07, 6.45) is 7.47. The van der Waals surface area contributed by atoms with E-state index in [1.807, 2.05) is 23.9 Å². The number of nitrogens with zero attached hydrogens (tertiary/aromatic N) is 2. The van der Waals surface area contributed by atoms with Crippen LogP contribution in [-0.2, 0) is 6.42 Å². The molecule has 2 N–H and O–H groups in total. The van der Waals surface area contributed by atoms with E-state index in [-0.39, 0.29) is 10.6 Å². The van der Waals surface area contributed by atoms with Gasteiger partial charge >= 0.3 is 0 Å². The third kappa shape index (κ3) is 9.96. The largest absolute Gasteiger partial charge is 0.357 e. The molecule has 0 spiro atoms. The molecule has 0 aliphatic heterocycles. The first-order valence-corrected chi connectivity index (χ1v) is 10.3. The molecule has 0 aliphatic carbocycles. The van der Waals surface area contributed by atoms with Gasteiger partial charge in [0, 0.05) is 31.8 Å². The summed E-state index contributed by atoms with van der Waals surface area (Å²) in [5.74, 6) is 2.09. The van der Waals surface area contributed by atoms with Gasteiger partial charge in [0.2, 0.25) is 0 Å². The summed E-state index contributed by atoms with van der Waals surface area (Å²) in [5.41, 5.74) is 1.29. The molecule has 0 radical (unpaired) electrons. The maximum Gasteiger partial charge on any atom is 0.269 e. The molecule has 7 heteroatoms. The number of guanidine groups is 1. The van der Waals surface area contributed by atoms with Crippen molar-refractivity contribution in [1.82, 2.24) is 10.6 Å². The molecule has 25 heavy (non-hydrogen) atoms. The molecule has 0 saturated carbocycles. The number of non-ortho nitro benzene ring substituents is 1. The third-order valence-electron chi connectivity index (χ3n) is 3.70. The Hall–Kier alpha value is -1.76. The lowest BCUT2D eigenvalue weighted by Crippen LogP contribution is -2.37. The number of nitrogens with one attached hydrogen (secondary N) is 2. The van der Waals surface area contributed by atoms with Crippen LogP contribution in [0.4, 0.5) is 5.69 Å². The molecule has 0 atom stereocenters. The van der Waals surface area contributed by atoms with Crippen LogP contribution in [0.1, 0.15) is 38.2 Å². The van der Waals surface area contributed by atoms with Gasteiger partial charge in [0.25, 0.3) is 5.69 Å². The number of rotatable bonds is 12. The molecule has 0 saturated heterocycles. The van der Waals surface area contributed by atoms with Crippen molar-refractivity contribution < 1.29 is 4.92 Å². The van der Waals surface area contributed by atoms with Gasteiger partial charge in [-0.25, -0.2) is 0 Å². The Labute approximate surface area is 155 Å². The van der Waals surface area contributed by atoms with Crippen LogP contribution in [0.2, 0.25) is 0 Å². The summed E-state index contributed by atoms with van der Waals surface area (Å²) >= 11 is 1.88. The smallest absolute Gasteiger partial charge is 0.269 e. The first-order chi connectivity index (χ1) is 12.2. The predicted molar refractivity (Wildman–Crippen MR) is 108 cm³/mol. The maximum atomic E-state index is 10.6. The minimum Gasteiger partial charge on any atom is -0.357 e. The molecule has 1 aromatic rings. The fraction of sp³-hybridized carbons (Fsp3) is 0.611. The van der Waals surface area contributed by atoms with E-state index in [0.29, 0.717) is 0 Å². The van der Waals surface area contributed by atoms with Crippen molar-refractivity contribution in [3.8, 4) is 0 Å².